The van der Waals surface area contributed by atoms with Gasteiger partial charge in [0.05, 0.1) is 0 Å². The van der Waals surface area contributed by atoms with Gasteiger partial charge in [0.25, 0.3) is 5.91 Å². The first-order valence-corrected chi connectivity index (χ1v) is 11.0. The molecular formula is C24H23N9O2. The minimum atomic E-state index is -1.35. The number of carbonyl (C=O) groups excluding carboxylic acids is 1. The van der Waals surface area contributed by atoms with Crippen molar-refractivity contribution < 1.29 is 9.90 Å². The summed E-state index contributed by atoms with van der Waals surface area (Å²) >= 11 is 0. The molecule has 0 radical (unpaired) electrons. The molecule has 4 heterocycles. The van der Waals surface area contributed by atoms with E-state index in [9.17, 15) is 9.90 Å². The Hall–Kier alpha value is -4.48. The maximum absolute atomic E-state index is 12.1. The number of hydrogen-bond acceptors (Lipinski definition) is 10. The number of rotatable bonds is 7. The van der Waals surface area contributed by atoms with Gasteiger partial charge in [-0.2, -0.15) is 4.98 Å². The third kappa shape index (κ3) is 5.21. The predicted molar refractivity (Wildman–Crippen MR) is 131 cm³/mol. The molecule has 11 heteroatoms. The van der Waals surface area contributed by atoms with Crippen molar-refractivity contribution in [1.29, 1.82) is 0 Å². The Morgan fingerprint density at radius 3 is 2.31 bits per heavy atom. The van der Waals surface area contributed by atoms with Crippen molar-refractivity contribution in [1.82, 2.24) is 30.2 Å². The van der Waals surface area contributed by atoms with E-state index in [1.165, 1.54) is 0 Å². The molecular weight excluding hydrogens is 446 g/mol. The van der Waals surface area contributed by atoms with Gasteiger partial charge in [0.1, 0.15) is 17.3 Å². The van der Waals surface area contributed by atoms with Gasteiger partial charge in [-0.15, -0.1) is 0 Å². The van der Waals surface area contributed by atoms with Gasteiger partial charge in [-0.3, -0.25) is 4.79 Å². The highest BCUT2D eigenvalue weighted by atomic mass is 16.3. The number of aromatic nitrogens is 5. The summed E-state index contributed by atoms with van der Waals surface area (Å²) in [6, 6.07) is 16.2. The van der Waals surface area contributed by atoms with Crippen LogP contribution in [0.15, 0.2) is 67.0 Å². The zero-order valence-electron chi connectivity index (χ0n) is 18.9. The average Bonchev–Trinajstić information content (AvgIpc) is 2.84. The Labute approximate surface area is 201 Å². The van der Waals surface area contributed by atoms with E-state index in [1.807, 2.05) is 25.1 Å². The average molecular weight is 470 g/mol. The van der Waals surface area contributed by atoms with E-state index in [1.54, 1.807) is 48.8 Å². The lowest BCUT2D eigenvalue weighted by Crippen LogP contribution is -2.65. The lowest BCUT2D eigenvalue weighted by atomic mass is 9.96. The summed E-state index contributed by atoms with van der Waals surface area (Å²) < 4.78 is 0. The Bertz CT molecular complexity index is 1360. The van der Waals surface area contributed by atoms with Gasteiger partial charge in [0, 0.05) is 42.6 Å². The van der Waals surface area contributed by atoms with E-state index in [2.05, 4.69) is 46.2 Å². The largest absolute Gasteiger partial charge is 0.377 e. The van der Waals surface area contributed by atoms with E-state index in [0.717, 1.165) is 11.4 Å². The zero-order valence-corrected chi connectivity index (χ0v) is 18.9. The molecule has 0 aliphatic carbocycles. The molecule has 5 rings (SSSR count). The van der Waals surface area contributed by atoms with Crippen LogP contribution < -0.4 is 21.3 Å². The number of anilines is 5. The summed E-state index contributed by atoms with van der Waals surface area (Å²) in [4.78, 5) is 34.2. The standard InChI is InChI=1S/C24H23N9O2/c1-15-3-2-4-18(28-15)21-26-11-9-19(32-21)31-20-10-12-27-23(33-20)30-17-7-5-16(6-8-17)29-22(34)24(35)13-25-14-24/h2-12,25,35H,13-14H2,1H3,(H,29,34)(H2,26,27,30,31,32,33). The molecule has 0 spiro atoms. The van der Waals surface area contributed by atoms with Crippen LogP contribution in [0.5, 0.6) is 0 Å². The minimum Gasteiger partial charge on any atom is -0.377 e. The van der Waals surface area contributed by atoms with Crippen LogP contribution in [0, 0.1) is 6.92 Å². The maximum atomic E-state index is 12.1. The molecule has 1 aliphatic rings. The van der Waals surface area contributed by atoms with Crippen LogP contribution in [0.3, 0.4) is 0 Å². The SMILES string of the molecule is Cc1cccc(-c2nccc(Nc3ccnc(Nc4ccc(NC(=O)C5(O)CNC5)cc4)n3)n2)n1. The number of aryl methyl sites for hydroxylation is 1. The molecule has 0 atom stereocenters. The second-order valence-electron chi connectivity index (χ2n) is 8.11. The molecule has 0 saturated carbocycles. The summed E-state index contributed by atoms with van der Waals surface area (Å²) in [5, 5.41) is 22.0. The number of hydrogen-bond donors (Lipinski definition) is 5. The van der Waals surface area contributed by atoms with Crippen molar-refractivity contribution in [3.63, 3.8) is 0 Å². The molecule has 0 bridgehead atoms. The van der Waals surface area contributed by atoms with Crippen LogP contribution in [0.25, 0.3) is 11.5 Å². The molecule has 1 aliphatic heterocycles. The third-order valence-electron chi connectivity index (χ3n) is 5.34. The number of pyridine rings is 1. The number of nitrogens with zero attached hydrogens (tertiary/aromatic N) is 5. The molecule has 1 aromatic carbocycles. The smallest absolute Gasteiger partial charge is 0.259 e. The Balaban J connectivity index is 1.24. The van der Waals surface area contributed by atoms with E-state index < -0.39 is 11.5 Å². The summed E-state index contributed by atoms with van der Waals surface area (Å²) in [5.41, 5.74) is 1.55. The number of β-amino-alcohol motifs (C(OH)–C–C–N with tert-alkyl or cyclic N) is 1. The molecule has 1 amide bonds. The fourth-order valence-electron chi connectivity index (χ4n) is 3.37. The highest BCUT2D eigenvalue weighted by Crippen LogP contribution is 2.21. The normalized spacial score (nSPS) is 14.0. The van der Waals surface area contributed by atoms with Crippen molar-refractivity contribution in [2.45, 2.75) is 12.5 Å². The number of aliphatic hydroxyl groups is 1. The molecule has 0 unspecified atom stereocenters. The molecule has 4 aromatic rings. The summed E-state index contributed by atoms with van der Waals surface area (Å²) in [5.74, 6) is 1.60. The number of carbonyl (C=O) groups is 1. The third-order valence-corrected chi connectivity index (χ3v) is 5.34. The summed E-state index contributed by atoms with van der Waals surface area (Å²) in [6.07, 6.45) is 3.29. The number of benzene rings is 1. The lowest BCUT2D eigenvalue weighted by molar-refractivity contribution is -0.138. The first-order valence-electron chi connectivity index (χ1n) is 11.0. The molecule has 1 fully saturated rings. The monoisotopic (exact) mass is 469 g/mol. The number of nitrogens with one attached hydrogen (secondary N) is 4. The minimum absolute atomic E-state index is 0.249. The molecule has 3 aromatic heterocycles. The van der Waals surface area contributed by atoms with E-state index in [-0.39, 0.29) is 13.1 Å². The second-order valence-corrected chi connectivity index (χ2v) is 8.11. The molecule has 35 heavy (non-hydrogen) atoms. The van der Waals surface area contributed by atoms with Gasteiger partial charge in [0.15, 0.2) is 11.4 Å². The van der Waals surface area contributed by atoms with Crippen LogP contribution >= 0.6 is 0 Å². The highest BCUT2D eigenvalue weighted by Gasteiger charge is 2.42. The summed E-state index contributed by atoms with van der Waals surface area (Å²) in [6.45, 7) is 2.42. The topological polar surface area (TPSA) is 150 Å². The molecule has 11 nitrogen and oxygen atoms in total. The van der Waals surface area contributed by atoms with Crippen molar-refractivity contribution in [3.05, 3.63) is 72.7 Å². The van der Waals surface area contributed by atoms with Gasteiger partial charge in [-0.25, -0.2) is 19.9 Å². The maximum Gasteiger partial charge on any atom is 0.259 e. The first kappa shape index (κ1) is 22.3. The van der Waals surface area contributed by atoms with E-state index in [4.69, 9.17) is 0 Å². The van der Waals surface area contributed by atoms with Crippen LogP contribution in [-0.4, -0.2) is 54.6 Å². The predicted octanol–water partition coefficient (Wildman–Crippen LogP) is 2.40. The fraction of sp³-hybridized carbons (Fsp3) is 0.167. The van der Waals surface area contributed by atoms with E-state index >= 15 is 0 Å². The Kier molecular flexibility index (Phi) is 6.00. The van der Waals surface area contributed by atoms with Gasteiger partial charge < -0.3 is 26.4 Å². The Morgan fingerprint density at radius 2 is 1.60 bits per heavy atom. The first-order chi connectivity index (χ1) is 17.0. The van der Waals surface area contributed by atoms with Gasteiger partial charge in [-0.05, 0) is 55.5 Å². The van der Waals surface area contributed by atoms with Gasteiger partial charge in [-0.1, -0.05) is 6.07 Å². The summed E-state index contributed by atoms with van der Waals surface area (Å²) in [7, 11) is 0. The quantitative estimate of drug-likeness (QED) is 0.273. The highest BCUT2D eigenvalue weighted by molar-refractivity contribution is 5.98. The van der Waals surface area contributed by atoms with Crippen LogP contribution in [-0.2, 0) is 4.79 Å². The van der Waals surface area contributed by atoms with Crippen LogP contribution in [0.4, 0.5) is 29.0 Å². The zero-order chi connectivity index (χ0) is 24.3. The van der Waals surface area contributed by atoms with Crippen molar-refractivity contribution >= 4 is 34.9 Å². The van der Waals surface area contributed by atoms with E-state index in [0.29, 0.717) is 34.8 Å². The molecule has 176 valence electrons. The van der Waals surface area contributed by atoms with Crippen molar-refractivity contribution in [2.75, 3.05) is 29.0 Å². The van der Waals surface area contributed by atoms with Crippen molar-refractivity contribution in [2.24, 2.45) is 0 Å². The second kappa shape index (κ2) is 9.41. The number of amides is 1. The van der Waals surface area contributed by atoms with Crippen LogP contribution in [0.1, 0.15) is 5.69 Å². The van der Waals surface area contributed by atoms with Gasteiger partial charge >= 0.3 is 0 Å². The molecule has 1 saturated heterocycles. The van der Waals surface area contributed by atoms with Crippen molar-refractivity contribution in [3.8, 4) is 11.5 Å². The Morgan fingerprint density at radius 1 is 0.886 bits per heavy atom. The van der Waals surface area contributed by atoms with Gasteiger partial charge in [0.2, 0.25) is 5.95 Å². The fourth-order valence-corrected chi connectivity index (χ4v) is 3.37. The molecule has 5 N–H and O–H groups in total. The van der Waals surface area contributed by atoms with Crippen LogP contribution in [0.2, 0.25) is 0 Å². The lowest BCUT2D eigenvalue weighted by Gasteiger charge is -2.35.